The molecule has 3 aromatic rings. The molecule has 0 unspecified atom stereocenters. The Bertz CT molecular complexity index is 1070. The van der Waals surface area contributed by atoms with Crippen molar-refractivity contribution in [2.24, 2.45) is 0 Å². The van der Waals surface area contributed by atoms with Gasteiger partial charge in [-0.05, 0) is 82.8 Å². The first-order chi connectivity index (χ1) is 13.0. The summed E-state index contributed by atoms with van der Waals surface area (Å²) in [5, 5.41) is 9.23. The molecule has 27 heavy (non-hydrogen) atoms. The second-order valence-electron chi connectivity index (χ2n) is 6.60. The Labute approximate surface area is 156 Å². The molecule has 3 nitrogen and oxygen atoms in total. The zero-order valence-electron chi connectivity index (χ0n) is 14.8. The van der Waals surface area contributed by atoms with Gasteiger partial charge in [0.15, 0.2) is 0 Å². The lowest BCUT2D eigenvalue weighted by Gasteiger charge is -2.06. The Kier molecular flexibility index (Phi) is 4.24. The highest BCUT2D eigenvalue weighted by molar-refractivity contribution is 6.07. The van der Waals surface area contributed by atoms with Crippen LogP contribution in [0.1, 0.15) is 30.0 Å². The summed E-state index contributed by atoms with van der Waals surface area (Å²) < 4.78 is 15.8. The zero-order chi connectivity index (χ0) is 19.0. The summed E-state index contributed by atoms with van der Waals surface area (Å²) in [6.07, 6.45) is 5.88. The molecule has 4 rings (SSSR count). The molecule has 0 fully saturated rings. The van der Waals surface area contributed by atoms with Crippen LogP contribution in [0, 0.1) is 5.82 Å². The second-order valence-corrected chi connectivity index (χ2v) is 6.60. The third-order valence-electron chi connectivity index (χ3n) is 4.89. The standard InChI is InChI=1S/C23H18FNO2/c1-15-20(12-16-4-7-18(8-5-16)25-10-2-3-11-25)19-9-6-17(24)13-22(19)21(15)14-23(26)27/h2-13H,14H2,1H3,(H,26,27)/b20-12-. The molecule has 0 atom stereocenters. The van der Waals surface area contributed by atoms with Crippen LogP contribution in [-0.2, 0) is 4.79 Å². The Hall–Kier alpha value is -3.40. The van der Waals surface area contributed by atoms with Crippen molar-refractivity contribution < 1.29 is 14.3 Å². The van der Waals surface area contributed by atoms with Crippen LogP contribution < -0.4 is 0 Å². The molecule has 0 radical (unpaired) electrons. The highest BCUT2D eigenvalue weighted by Gasteiger charge is 2.25. The number of hydrogen-bond acceptors (Lipinski definition) is 1. The van der Waals surface area contributed by atoms with Crippen molar-refractivity contribution in [3.63, 3.8) is 0 Å². The number of halogens is 1. The van der Waals surface area contributed by atoms with E-state index in [1.54, 1.807) is 6.07 Å². The molecule has 0 saturated carbocycles. The van der Waals surface area contributed by atoms with E-state index in [-0.39, 0.29) is 12.2 Å². The molecule has 4 heteroatoms. The predicted molar refractivity (Wildman–Crippen MR) is 105 cm³/mol. The maximum Gasteiger partial charge on any atom is 0.307 e. The van der Waals surface area contributed by atoms with Gasteiger partial charge in [0, 0.05) is 18.1 Å². The van der Waals surface area contributed by atoms with Crippen molar-refractivity contribution >= 4 is 23.2 Å². The minimum absolute atomic E-state index is 0.119. The van der Waals surface area contributed by atoms with Gasteiger partial charge in [-0.3, -0.25) is 4.79 Å². The summed E-state index contributed by atoms with van der Waals surface area (Å²) in [7, 11) is 0. The summed E-state index contributed by atoms with van der Waals surface area (Å²) in [5.41, 5.74) is 6.11. The molecule has 0 amide bonds. The fourth-order valence-electron chi connectivity index (χ4n) is 3.55. The Morgan fingerprint density at radius 3 is 2.44 bits per heavy atom. The third kappa shape index (κ3) is 3.22. The van der Waals surface area contributed by atoms with Crippen molar-refractivity contribution in [2.45, 2.75) is 13.3 Å². The lowest BCUT2D eigenvalue weighted by atomic mass is 10.0. The van der Waals surface area contributed by atoms with Gasteiger partial charge in [0.1, 0.15) is 5.82 Å². The maximum atomic E-state index is 13.7. The van der Waals surface area contributed by atoms with E-state index in [4.69, 9.17) is 0 Å². The van der Waals surface area contributed by atoms with Gasteiger partial charge in [-0.1, -0.05) is 18.2 Å². The summed E-state index contributed by atoms with van der Waals surface area (Å²) in [4.78, 5) is 11.3. The van der Waals surface area contributed by atoms with E-state index in [0.29, 0.717) is 11.1 Å². The summed E-state index contributed by atoms with van der Waals surface area (Å²) in [5.74, 6) is -1.28. The first kappa shape index (κ1) is 17.0. The van der Waals surface area contributed by atoms with E-state index >= 15 is 0 Å². The van der Waals surface area contributed by atoms with E-state index < -0.39 is 5.97 Å². The Balaban J connectivity index is 1.76. The molecule has 2 aromatic carbocycles. The fraction of sp³-hybridized carbons (Fsp3) is 0.0870. The Morgan fingerprint density at radius 2 is 1.78 bits per heavy atom. The lowest BCUT2D eigenvalue weighted by molar-refractivity contribution is -0.135. The molecule has 0 bridgehead atoms. The molecule has 1 aliphatic rings. The normalized spacial score (nSPS) is 14.7. The molecule has 1 aromatic heterocycles. The van der Waals surface area contributed by atoms with Gasteiger partial charge in [-0.15, -0.1) is 0 Å². The quantitative estimate of drug-likeness (QED) is 0.676. The van der Waals surface area contributed by atoms with Gasteiger partial charge in [-0.25, -0.2) is 4.39 Å². The number of rotatable bonds is 4. The minimum Gasteiger partial charge on any atom is -0.481 e. The smallest absolute Gasteiger partial charge is 0.307 e. The largest absolute Gasteiger partial charge is 0.481 e. The first-order valence-corrected chi connectivity index (χ1v) is 8.70. The molecule has 0 saturated heterocycles. The van der Waals surface area contributed by atoms with Gasteiger partial charge in [0.05, 0.1) is 6.42 Å². The number of aliphatic carboxylic acids is 1. The van der Waals surface area contributed by atoms with Crippen LogP contribution in [0.5, 0.6) is 0 Å². The molecule has 1 heterocycles. The van der Waals surface area contributed by atoms with E-state index in [0.717, 1.165) is 28.0 Å². The molecule has 0 aliphatic heterocycles. The number of carboxylic acid groups (broad SMARTS) is 1. The number of carbonyl (C=O) groups is 1. The van der Waals surface area contributed by atoms with Gasteiger partial charge in [-0.2, -0.15) is 0 Å². The average molecular weight is 359 g/mol. The Morgan fingerprint density at radius 1 is 1.07 bits per heavy atom. The molecule has 134 valence electrons. The van der Waals surface area contributed by atoms with E-state index in [2.05, 4.69) is 0 Å². The van der Waals surface area contributed by atoms with E-state index in [9.17, 15) is 14.3 Å². The highest BCUT2D eigenvalue weighted by atomic mass is 19.1. The predicted octanol–water partition coefficient (Wildman–Crippen LogP) is 5.42. The van der Waals surface area contributed by atoms with Crippen LogP contribution in [0.2, 0.25) is 0 Å². The van der Waals surface area contributed by atoms with Crippen molar-refractivity contribution in [3.8, 4) is 5.69 Å². The monoisotopic (exact) mass is 359 g/mol. The third-order valence-corrected chi connectivity index (χ3v) is 4.89. The average Bonchev–Trinajstić information content (AvgIpc) is 3.26. The number of carboxylic acids is 1. The van der Waals surface area contributed by atoms with Crippen LogP contribution in [0.25, 0.3) is 22.9 Å². The van der Waals surface area contributed by atoms with Crippen molar-refractivity contribution in [2.75, 3.05) is 0 Å². The van der Waals surface area contributed by atoms with Gasteiger partial charge in [0.2, 0.25) is 0 Å². The molecule has 1 N–H and O–H groups in total. The second kappa shape index (κ2) is 6.72. The first-order valence-electron chi connectivity index (χ1n) is 8.70. The number of benzene rings is 2. The van der Waals surface area contributed by atoms with Gasteiger partial charge >= 0.3 is 5.97 Å². The minimum atomic E-state index is -0.920. The SMILES string of the molecule is CC1=C(CC(=O)O)c2cc(F)ccc2/C1=C\c1ccc(-n2cccc2)cc1. The summed E-state index contributed by atoms with van der Waals surface area (Å²) >= 11 is 0. The van der Waals surface area contributed by atoms with Gasteiger partial charge < -0.3 is 9.67 Å². The number of allylic oxidation sites excluding steroid dienone is 2. The maximum absolute atomic E-state index is 13.7. The van der Waals surface area contributed by atoms with E-state index in [1.807, 2.05) is 66.4 Å². The van der Waals surface area contributed by atoms with E-state index in [1.165, 1.54) is 12.1 Å². The van der Waals surface area contributed by atoms with Crippen LogP contribution in [0.3, 0.4) is 0 Å². The van der Waals surface area contributed by atoms with Crippen molar-refractivity contribution in [1.82, 2.24) is 4.57 Å². The number of nitrogens with zero attached hydrogens (tertiary/aromatic N) is 1. The lowest BCUT2D eigenvalue weighted by Crippen LogP contribution is -1.97. The van der Waals surface area contributed by atoms with Crippen molar-refractivity contribution in [1.29, 1.82) is 0 Å². The van der Waals surface area contributed by atoms with Crippen molar-refractivity contribution in [3.05, 3.63) is 95.1 Å². The molecular weight excluding hydrogens is 341 g/mol. The topological polar surface area (TPSA) is 42.2 Å². The number of fused-ring (bicyclic) bond motifs is 1. The molecule has 0 spiro atoms. The zero-order valence-corrected chi connectivity index (χ0v) is 14.8. The molecular formula is C23H18FNO2. The van der Waals surface area contributed by atoms with Crippen LogP contribution in [-0.4, -0.2) is 15.6 Å². The van der Waals surface area contributed by atoms with Crippen LogP contribution in [0.4, 0.5) is 4.39 Å². The number of hydrogen-bond donors (Lipinski definition) is 1. The summed E-state index contributed by atoms with van der Waals surface area (Å²) in [6.45, 7) is 1.90. The molecule has 1 aliphatic carbocycles. The van der Waals surface area contributed by atoms with Crippen LogP contribution in [0.15, 0.2) is 72.6 Å². The van der Waals surface area contributed by atoms with Gasteiger partial charge in [0.25, 0.3) is 0 Å². The fourth-order valence-corrected chi connectivity index (χ4v) is 3.55. The summed E-state index contributed by atoms with van der Waals surface area (Å²) in [6, 6.07) is 16.6. The highest BCUT2D eigenvalue weighted by Crippen LogP contribution is 2.43. The number of aromatic nitrogens is 1. The van der Waals surface area contributed by atoms with Crippen LogP contribution >= 0.6 is 0 Å².